The Morgan fingerprint density at radius 3 is 2.75 bits per heavy atom. The molecule has 3 nitrogen and oxygen atoms in total. The fourth-order valence-electron chi connectivity index (χ4n) is 2.23. The molecule has 0 spiro atoms. The molecule has 0 fully saturated rings. The molecule has 3 heteroatoms. The summed E-state index contributed by atoms with van der Waals surface area (Å²) in [6.45, 7) is 8.80. The minimum absolute atomic E-state index is 0.210. The van der Waals surface area contributed by atoms with E-state index in [1.807, 2.05) is 19.9 Å². The van der Waals surface area contributed by atoms with E-state index in [0.717, 1.165) is 31.9 Å². The number of ether oxygens (including phenoxy) is 2. The molecule has 1 aromatic heterocycles. The van der Waals surface area contributed by atoms with E-state index in [0.29, 0.717) is 0 Å². The molecule has 0 amide bonds. The molecule has 1 heterocycles. The highest BCUT2D eigenvalue weighted by atomic mass is 16.5. The first kappa shape index (κ1) is 14.9. The van der Waals surface area contributed by atoms with Crippen LogP contribution in [0.4, 0.5) is 0 Å². The zero-order valence-electron chi connectivity index (χ0n) is 12.8. The molecule has 0 atom stereocenters. The lowest BCUT2D eigenvalue weighted by atomic mass is 10.2. The SMILES string of the molecule is CCCCOCCn1ccc2cc(OC(C)C)ccc21. The smallest absolute Gasteiger partial charge is 0.120 e. The second-order valence-electron chi connectivity index (χ2n) is 5.36. The van der Waals surface area contributed by atoms with Gasteiger partial charge >= 0.3 is 0 Å². The maximum atomic E-state index is 5.72. The van der Waals surface area contributed by atoms with Gasteiger partial charge in [0.1, 0.15) is 5.75 Å². The summed E-state index contributed by atoms with van der Waals surface area (Å²) in [7, 11) is 0. The highest BCUT2D eigenvalue weighted by molar-refractivity contribution is 5.81. The summed E-state index contributed by atoms with van der Waals surface area (Å²) in [5, 5.41) is 1.22. The Labute approximate surface area is 121 Å². The number of aromatic nitrogens is 1. The average molecular weight is 275 g/mol. The minimum Gasteiger partial charge on any atom is -0.491 e. The van der Waals surface area contributed by atoms with Crippen LogP contribution in [0.15, 0.2) is 30.5 Å². The summed E-state index contributed by atoms with van der Waals surface area (Å²) in [5.41, 5.74) is 1.24. The minimum atomic E-state index is 0.210. The molecular weight excluding hydrogens is 250 g/mol. The highest BCUT2D eigenvalue weighted by Crippen LogP contribution is 2.22. The molecule has 110 valence electrons. The second kappa shape index (κ2) is 7.34. The molecule has 0 aliphatic rings. The predicted molar refractivity (Wildman–Crippen MR) is 83.4 cm³/mol. The van der Waals surface area contributed by atoms with Gasteiger partial charge in [0.05, 0.1) is 12.7 Å². The number of unbranched alkanes of at least 4 members (excludes halogenated alkanes) is 1. The van der Waals surface area contributed by atoms with Gasteiger partial charge in [0, 0.05) is 30.3 Å². The summed E-state index contributed by atoms with van der Waals surface area (Å²) in [4.78, 5) is 0. The van der Waals surface area contributed by atoms with E-state index in [2.05, 4.69) is 35.9 Å². The predicted octanol–water partition coefficient (Wildman–Crippen LogP) is 4.25. The summed E-state index contributed by atoms with van der Waals surface area (Å²) in [6.07, 6.45) is 4.65. The number of nitrogens with zero attached hydrogens (tertiary/aromatic N) is 1. The molecule has 0 unspecified atom stereocenters. The molecule has 0 saturated carbocycles. The molecule has 1 aromatic carbocycles. The maximum absolute atomic E-state index is 5.72. The first-order chi connectivity index (χ1) is 9.70. The van der Waals surface area contributed by atoms with Crippen molar-refractivity contribution in [1.82, 2.24) is 4.57 Å². The number of rotatable bonds is 8. The van der Waals surface area contributed by atoms with E-state index in [1.165, 1.54) is 17.3 Å². The lowest BCUT2D eigenvalue weighted by Crippen LogP contribution is -2.06. The number of hydrogen-bond donors (Lipinski definition) is 0. The lowest BCUT2D eigenvalue weighted by molar-refractivity contribution is 0.124. The molecule has 0 saturated heterocycles. The van der Waals surface area contributed by atoms with E-state index in [-0.39, 0.29) is 6.10 Å². The number of hydrogen-bond acceptors (Lipinski definition) is 2. The van der Waals surface area contributed by atoms with E-state index >= 15 is 0 Å². The van der Waals surface area contributed by atoms with Crippen LogP contribution >= 0.6 is 0 Å². The fourth-order valence-corrected chi connectivity index (χ4v) is 2.23. The standard InChI is InChI=1S/C17H25NO2/c1-4-5-11-19-12-10-18-9-8-15-13-16(20-14(2)3)6-7-17(15)18/h6-9,13-14H,4-5,10-12H2,1-3H3. The van der Waals surface area contributed by atoms with Crippen LogP contribution in [0.25, 0.3) is 10.9 Å². The van der Waals surface area contributed by atoms with Crippen LogP contribution in [-0.4, -0.2) is 23.9 Å². The van der Waals surface area contributed by atoms with Crippen molar-refractivity contribution in [3.05, 3.63) is 30.5 Å². The van der Waals surface area contributed by atoms with Crippen molar-refractivity contribution in [2.45, 2.75) is 46.3 Å². The van der Waals surface area contributed by atoms with Gasteiger partial charge in [-0.3, -0.25) is 0 Å². The van der Waals surface area contributed by atoms with Crippen molar-refractivity contribution < 1.29 is 9.47 Å². The van der Waals surface area contributed by atoms with E-state index in [4.69, 9.17) is 9.47 Å². The Bertz CT molecular complexity index is 531. The van der Waals surface area contributed by atoms with Crippen LogP contribution < -0.4 is 4.74 Å². The van der Waals surface area contributed by atoms with Crippen molar-refractivity contribution in [3.63, 3.8) is 0 Å². The number of fused-ring (bicyclic) bond motifs is 1. The van der Waals surface area contributed by atoms with Gasteiger partial charge in [-0.1, -0.05) is 13.3 Å². The van der Waals surface area contributed by atoms with Gasteiger partial charge in [-0.2, -0.15) is 0 Å². The molecule has 2 aromatic rings. The molecule has 0 aliphatic heterocycles. The molecular formula is C17H25NO2. The summed E-state index contributed by atoms with van der Waals surface area (Å²) in [5.74, 6) is 0.935. The van der Waals surface area contributed by atoms with Gasteiger partial charge in [0.15, 0.2) is 0 Å². The third-order valence-corrected chi connectivity index (χ3v) is 3.23. The Balaban J connectivity index is 1.97. The second-order valence-corrected chi connectivity index (χ2v) is 5.36. The van der Waals surface area contributed by atoms with Crippen LogP contribution in [0.5, 0.6) is 5.75 Å². The zero-order valence-corrected chi connectivity index (χ0v) is 12.8. The normalized spacial score (nSPS) is 11.4. The zero-order chi connectivity index (χ0) is 14.4. The lowest BCUT2D eigenvalue weighted by Gasteiger charge is -2.10. The van der Waals surface area contributed by atoms with Crippen LogP contribution in [0.3, 0.4) is 0 Å². The van der Waals surface area contributed by atoms with E-state index in [9.17, 15) is 0 Å². The Kier molecular flexibility index (Phi) is 5.48. The Morgan fingerprint density at radius 1 is 1.15 bits per heavy atom. The average Bonchev–Trinajstić information content (AvgIpc) is 2.80. The largest absolute Gasteiger partial charge is 0.491 e. The third-order valence-electron chi connectivity index (χ3n) is 3.23. The van der Waals surface area contributed by atoms with Gasteiger partial charge in [0.2, 0.25) is 0 Å². The van der Waals surface area contributed by atoms with Gasteiger partial charge in [0.25, 0.3) is 0 Å². The van der Waals surface area contributed by atoms with Gasteiger partial charge in [-0.15, -0.1) is 0 Å². The van der Waals surface area contributed by atoms with Crippen LogP contribution in [0, 0.1) is 0 Å². The van der Waals surface area contributed by atoms with Crippen LogP contribution in [-0.2, 0) is 11.3 Å². The molecule has 0 bridgehead atoms. The van der Waals surface area contributed by atoms with Crippen LogP contribution in [0.2, 0.25) is 0 Å². The van der Waals surface area contributed by atoms with E-state index in [1.54, 1.807) is 0 Å². The van der Waals surface area contributed by atoms with Crippen molar-refractivity contribution in [3.8, 4) is 5.75 Å². The Hall–Kier alpha value is -1.48. The van der Waals surface area contributed by atoms with E-state index < -0.39 is 0 Å². The summed E-state index contributed by atoms with van der Waals surface area (Å²) in [6, 6.07) is 8.40. The maximum Gasteiger partial charge on any atom is 0.120 e. The van der Waals surface area contributed by atoms with Crippen molar-refractivity contribution >= 4 is 10.9 Å². The fraction of sp³-hybridized carbons (Fsp3) is 0.529. The molecule has 0 radical (unpaired) electrons. The van der Waals surface area contributed by atoms with Gasteiger partial charge < -0.3 is 14.0 Å². The van der Waals surface area contributed by atoms with Crippen molar-refractivity contribution in [2.75, 3.05) is 13.2 Å². The van der Waals surface area contributed by atoms with Gasteiger partial charge in [-0.05, 0) is 44.5 Å². The molecule has 0 aliphatic carbocycles. The molecule has 0 N–H and O–H groups in total. The Morgan fingerprint density at radius 2 is 2.00 bits per heavy atom. The topological polar surface area (TPSA) is 23.4 Å². The third kappa shape index (κ3) is 4.01. The summed E-state index contributed by atoms with van der Waals surface area (Å²) >= 11 is 0. The van der Waals surface area contributed by atoms with Crippen molar-refractivity contribution in [1.29, 1.82) is 0 Å². The first-order valence-corrected chi connectivity index (χ1v) is 7.54. The number of benzene rings is 1. The van der Waals surface area contributed by atoms with Crippen molar-refractivity contribution in [2.24, 2.45) is 0 Å². The first-order valence-electron chi connectivity index (χ1n) is 7.54. The summed E-state index contributed by atoms with van der Waals surface area (Å²) < 4.78 is 13.6. The highest BCUT2D eigenvalue weighted by Gasteiger charge is 2.04. The molecule has 20 heavy (non-hydrogen) atoms. The quantitative estimate of drug-likeness (QED) is 0.672. The monoisotopic (exact) mass is 275 g/mol. The van der Waals surface area contributed by atoms with Crippen LogP contribution in [0.1, 0.15) is 33.6 Å². The molecule has 2 rings (SSSR count). The van der Waals surface area contributed by atoms with Gasteiger partial charge in [-0.25, -0.2) is 0 Å².